The predicted molar refractivity (Wildman–Crippen MR) is 102 cm³/mol. The van der Waals surface area contributed by atoms with Crippen LogP contribution in [0.1, 0.15) is 48.6 Å². The monoisotopic (exact) mass is 373 g/mol. The molecule has 1 saturated heterocycles. The van der Waals surface area contributed by atoms with Crippen LogP contribution in [0, 0.1) is 5.92 Å². The zero-order chi connectivity index (χ0) is 17.4. The van der Waals surface area contributed by atoms with E-state index in [0.29, 0.717) is 18.3 Å². The molecule has 0 aromatic heterocycles. The van der Waals surface area contributed by atoms with Gasteiger partial charge >= 0.3 is 0 Å². The molecule has 1 heterocycles. The smallest absolute Gasteiger partial charge is 0.220 e. The summed E-state index contributed by atoms with van der Waals surface area (Å²) in [6.45, 7) is 0. The topological polar surface area (TPSA) is 29.1 Å². The Labute approximate surface area is 158 Å². The van der Waals surface area contributed by atoms with E-state index < -0.39 is 0 Å². The Kier molecular flexibility index (Phi) is 4.75. The van der Waals surface area contributed by atoms with Gasteiger partial charge in [-0.2, -0.15) is 0 Å². The largest absolute Gasteiger partial charge is 0.352 e. The Morgan fingerprint density at radius 2 is 1.72 bits per heavy atom. The molecule has 0 bridgehead atoms. The van der Waals surface area contributed by atoms with Gasteiger partial charge in [0.1, 0.15) is 0 Å². The molecule has 4 heteroatoms. The average Bonchev–Trinajstić information content (AvgIpc) is 3.42. The first-order chi connectivity index (χ1) is 12.1. The fourth-order valence-corrected chi connectivity index (χ4v) is 4.51. The van der Waals surface area contributed by atoms with Crippen molar-refractivity contribution in [3.8, 4) is 0 Å². The van der Waals surface area contributed by atoms with Crippen LogP contribution in [0.4, 0.5) is 0 Å². The summed E-state index contributed by atoms with van der Waals surface area (Å²) in [6, 6.07) is 16.3. The fraction of sp³-hybridized carbons (Fsp3) is 0.381. The van der Waals surface area contributed by atoms with E-state index in [-0.39, 0.29) is 17.9 Å². The maximum atomic E-state index is 12.2. The van der Waals surface area contributed by atoms with Crippen molar-refractivity contribution in [2.75, 3.05) is 0 Å². The van der Waals surface area contributed by atoms with Crippen LogP contribution < -0.4 is 5.32 Å². The summed E-state index contributed by atoms with van der Waals surface area (Å²) >= 11 is 12.3. The van der Waals surface area contributed by atoms with Crippen molar-refractivity contribution in [1.29, 1.82) is 0 Å². The molecule has 1 aliphatic heterocycles. The number of amides is 1. The van der Waals surface area contributed by atoms with Crippen LogP contribution in [0.2, 0.25) is 10.0 Å². The maximum Gasteiger partial charge on any atom is 0.220 e. The van der Waals surface area contributed by atoms with Gasteiger partial charge in [-0.25, -0.2) is 0 Å². The summed E-state index contributed by atoms with van der Waals surface area (Å²) in [5, 5.41) is 4.80. The maximum absolute atomic E-state index is 12.2. The van der Waals surface area contributed by atoms with E-state index in [0.717, 1.165) is 16.5 Å². The van der Waals surface area contributed by atoms with Crippen molar-refractivity contribution < 1.29 is 4.79 Å². The van der Waals surface area contributed by atoms with Crippen molar-refractivity contribution in [3.63, 3.8) is 0 Å². The molecule has 3 atom stereocenters. The van der Waals surface area contributed by atoms with Crippen molar-refractivity contribution in [2.45, 2.75) is 43.6 Å². The average molecular weight is 374 g/mol. The first-order valence-corrected chi connectivity index (χ1v) is 9.68. The number of halogens is 2. The minimum absolute atomic E-state index is 0.105. The highest BCUT2D eigenvalue weighted by Crippen LogP contribution is 2.49. The molecule has 4 rings (SSSR count). The lowest BCUT2D eigenvalue weighted by molar-refractivity contribution is -0.124. The molecule has 0 radical (unpaired) electrons. The molecule has 2 nitrogen and oxygen atoms in total. The molecule has 2 aromatic carbocycles. The number of benzene rings is 2. The lowest BCUT2D eigenvalue weighted by atomic mass is 9.74. The molecular weight excluding hydrogens is 353 g/mol. The molecular formula is C21H21Cl2NO. The van der Waals surface area contributed by atoms with E-state index in [4.69, 9.17) is 23.2 Å². The molecule has 2 fully saturated rings. The molecule has 1 unspecified atom stereocenters. The minimum atomic E-state index is 0.105. The van der Waals surface area contributed by atoms with Crippen LogP contribution >= 0.6 is 23.2 Å². The van der Waals surface area contributed by atoms with Crippen molar-refractivity contribution in [1.82, 2.24) is 5.32 Å². The van der Waals surface area contributed by atoms with Crippen molar-refractivity contribution in [2.24, 2.45) is 5.92 Å². The minimum Gasteiger partial charge on any atom is -0.352 e. The summed E-state index contributed by atoms with van der Waals surface area (Å²) in [7, 11) is 0. The van der Waals surface area contributed by atoms with Gasteiger partial charge in [-0.15, -0.1) is 0 Å². The summed E-state index contributed by atoms with van der Waals surface area (Å²) < 4.78 is 0. The van der Waals surface area contributed by atoms with E-state index in [1.54, 1.807) is 0 Å². The van der Waals surface area contributed by atoms with Gasteiger partial charge in [0.25, 0.3) is 0 Å². The van der Waals surface area contributed by atoms with E-state index in [2.05, 4.69) is 23.5 Å². The van der Waals surface area contributed by atoms with Crippen LogP contribution in [0.25, 0.3) is 0 Å². The standard InChI is InChI=1S/C21H21Cl2NO/c22-16-8-6-14(7-9-16)20(13-4-5-13)21-18(10-11-19(25)24-21)15-2-1-3-17(23)12-15/h1-3,6-9,12-13,18,20-21H,4-5,10-11H2,(H,24,25)/t18-,20?,21+/m1/s1. The molecule has 1 aliphatic carbocycles. The first kappa shape index (κ1) is 16.9. The zero-order valence-corrected chi connectivity index (χ0v) is 15.4. The van der Waals surface area contributed by atoms with Crippen LogP contribution in [-0.4, -0.2) is 11.9 Å². The van der Waals surface area contributed by atoms with Crippen LogP contribution in [0.15, 0.2) is 48.5 Å². The van der Waals surface area contributed by atoms with E-state index in [1.165, 1.54) is 24.0 Å². The Morgan fingerprint density at radius 3 is 2.40 bits per heavy atom. The SMILES string of the molecule is O=C1CC[C@H](c2cccc(Cl)c2)[C@@H](C(c2ccc(Cl)cc2)C2CC2)N1. The highest BCUT2D eigenvalue weighted by Gasteiger charge is 2.43. The number of nitrogens with one attached hydrogen (secondary N) is 1. The van der Waals surface area contributed by atoms with E-state index in [9.17, 15) is 4.79 Å². The fourth-order valence-electron chi connectivity index (χ4n) is 4.19. The summed E-state index contributed by atoms with van der Waals surface area (Å²) in [6.07, 6.45) is 3.89. The van der Waals surface area contributed by atoms with Crippen molar-refractivity contribution >= 4 is 29.1 Å². The number of hydrogen-bond acceptors (Lipinski definition) is 1. The van der Waals surface area contributed by atoms with Crippen LogP contribution in [0.3, 0.4) is 0 Å². The van der Waals surface area contributed by atoms with Gasteiger partial charge in [-0.3, -0.25) is 4.79 Å². The number of hydrogen-bond donors (Lipinski definition) is 1. The number of carbonyl (C=O) groups is 1. The quantitative estimate of drug-likeness (QED) is 0.747. The molecule has 25 heavy (non-hydrogen) atoms. The highest BCUT2D eigenvalue weighted by molar-refractivity contribution is 6.30. The Balaban J connectivity index is 1.71. The number of piperidine rings is 1. The third-order valence-electron chi connectivity index (χ3n) is 5.49. The molecule has 1 N–H and O–H groups in total. The molecule has 130 valence electrons. The second-order valence-corrected chi connectivity index (χ2v) is 8.08. The van der Waals surface area contributed by atoms with Crippen LogP contribution in [0.5, 0.6) is 0 Å². The molecule has 1 amide bonds. The van der Waals surface area contributed by atoms with Gasteiger partial charge in [0, 0.05) is 34.3 Å². The first-order valence-electron chi connectivity index (χ1n) is 8.92. The molecule has 0 spiro atoms. The van der Waals surface area contributed by atoms with Gasteiger partial charge in [0.15, 0.2) is 0 Å². The van der Waals surface area contributed by atoms with Crippen molar-refractivity contribution in [3.05, 3.63) is 69.7 Å². The second kappa shape index (κ2) is 7.01. The number of carbonyl (C=O) groups excluding carboxylic acids is 1. The Hall–Kier alpha value is -1.51. The lowest BCUT2D eigenvalue weighted by Crippen LogP contribution is -2.47. The van der Waals surface area contributed by atoms with Crippen LogP contribution in [-0.2, 0) is 4.79 Å². The van der Waals surface area contributed by atoms with E-state index in [1.807, 2.05) is 30.3 Å². The molecule has 1 saturated carbocycles. The Morgan fingerprint density at radius 1 is 0.960 bits per heavy atom. The van der Waals surface area contributed by atoms with Gasteiger partial charge in [-0.05, 0) is 60.6 Å². The van der Waals surface area contributed by atoms with Gasteiger partial charge in [0.2, 0.25) is 5.91 Å². The zero-order valence-electron chi connectivity index (χ0n) is 13.9. The third-order valence-corrected chi connectivity index (χ3v) is 5.98. The summed E-state index contributed by atoms with van der Waals surface area (Å²) in [5.74, 6) is 1.40. The second-order valence-electron chi connectivity index (χ2n) is 7.21. The molecule has 2 aromatic rings. The summed E-state index contributed by atoms with van der Waals surface area (Å²) in [5.41, 5.74) is 2.49. The van der Waals surface area contributed by atoms with E-state index >= 15 is 0 Å². The third kappa shape index (κ3) is 3.70. The predicted octanol–water partition coefficient (Wildman–Crippen LogP) is 5.55. The lowest BCUT2D eigenvalue weighted by Gasteiger charge is -2.38. The highest BCUT2D eigenvalue weighted by atomic mass is 35.5. The normalized spacial score (nSPS) is 24.6. The number of rotatable bonds is 4. The van der Waals surface area contributed by atoms with Gasteiger partial charge < -0.3 is 5.32 Å². The van der Waals surface area contributed by atoms with Gasteiger partial charge in [-0.1, -0.05) is 47.5 Å². The summed E-state index contributed by atoms with van der Waals surface area (Å²) in [4.78, 5) is 12.2. The van der Waals surface area contributed by atoms with Gasteiger partial charge in [0.05, 0.1) is 0 Å². The molecule has 2 aliphatic rings. The Bertz CT molecular complexity index is 770.